The molecule has 0 bridgehead atoms. The minimum absolute atomic E-state index is 0.866. The summed E-state index contributed by atoms with van der Waals surface area (Å²) in [6.45, 7) is 0. The maximum absolute atomic E-state index is 6.62. The van der Waals surface area contributed by atoms with Gasteiger partial charge in [-0.25, -0.2) is 4.98 Å². The van der Waals surface area contributed by atoms with Gasteiger partial charge in [-0.3, -0.25) is 4.57 Å². The van der Waals surface area contributed by atoms with E-state index in [0.29, 0.717) is 0 Å². The predicted molar refractivity (Wildman–Crippen MR) is 219 cm³/mol. The molecule has 0 aliphatic heterocycles. The lowest BCUT2D eigenvalue weighted by molar-refractivity contribution is 0.668. The predicted octanol–water partition coefficient (Wildman–Crippen LogP) is 13.0. The van der Waals surface area contributed by atoms with E-state index in [0.717, 1.165) is 66.9 Å². The van der Waals surface area contributed by atoms with E-state index in [2.05, 4.69) is 185 Å². The first kappa shape index (κ1) is 29.5. The molecule has 0 amide bonds. The molecule has 3 aromatic heterocycles. The molecule has 53 heavy (non-hydrogen) atoms. The van der Waals surface area contributed by atoms with Crippen molar-refractivity contribution >= 4 is 54.8 Å². The van der Waals surface area contributed by atoms with Crippen LogP contribution in [0.3, 0.4) is 0 Å². The zero-order chi connectivity index (χ0) is 34.9. The summed E-state index contributed by atoms with van der Waals surface area (Å²) in [5.41, 5.74) is 14.1. The number of rotatable bonds is 5. The number of aromatic nitrogens is 3. The van der Waals surface area contributed by atoms with E-state index < -0.39 is 0 Å². The molecule has 0 radical (unpaired) electrons. The van der Waals surface area contributed by atoms with Gasteiger partial charge in [-0.1, -0.05) is 121 Å². The monoisotopic (exact) mass is 677 g/mol. The van der Waals surface area contributed by atoms with E-state index in [1.165, 1.54) is 32.9 Å². The third kappa shape index (κ3) is 4.66. The van der Waals surface area contributed by atoms with Crippen LogP contribution in [0, 0.1) is 0 Å². The number of benzene rings is 8. The third-order valence-electron chi connectivity index (χ3n) is 10.5. The van der Waals surface area contributed by atoms with Crippen molar-refractivity contribution < 1.29 is 4.42 Å². The summed E-state index contributed by atoms with van der Waals surface area (Å²) in [6.07, 6.45) is 0. The van der Waals surface area contributed by atoms with Gasteiger partial charge in [0, 0.05) is 44.5 Å². The summed E-state index contributed by atoms with van der Waals surface area (Å²) in [5, 5.41) is 4.68. The molecule has 0 aliphatic rings. The van der Waals surface area contributed by atoms with Crippen LogP contribution < -0.4 is 0 Å². The minimum Gasteiger partial charge on any atom is -0.456 e. The average molecular weight is 678 g/mol. The van der Waals surface area contributed by atoms with Crippen LogP contribution >= 0.6 is 0 Å². The highest BCUT2D eigenvalue weighted by molar-refractivity contribution is 6.14. The van der Waals surface area contributed by atoms with Crippen molar-refractivity contribution in [3.8, 4) is 45.0 Å². The maximum atomic E-state index is 6.62. The quantitative estimate of drug-likeness (QED) is 0.182. The Bertz CT molecular complexity index is 3150. The smallest absolute Gasteiger partial charge is 0.145 e. The summed E-state index contributed by atoms with van der Waals surface area (Å²) in [6, 6.07) is 66.6. The number of para-hydroxylation sites is 3. The van der Waals surface area contributed by atoms with Crippen LogP contribution in [0.25, 0.3) is 99.8 Å². The van der Waals surface area contributed by atoms with E-state index in [9.17, 15) is 0 Å². The Morgan fingerprint density at radius 1 is 0.377 bits per heavy atom. The van der Waals surface area contributed by atoms with Gasteiger partial charge in [0.15, 0.2) is 0 Å². The Hall–Kier alpha value is -7.17. The van der Waals surface area contributed by atoms with Crippen LogP contribution in [-0.4, -0.2) is 14.1 Å². The molecule has 11 rings (SSSR count). The van der Waals surface area contributed by atoms with Crippen molar-refractivity contribution in [3.05, 3.63) is 188 Å². The van der Waals surface area contributed by atoms with Gasteiger partial charge in [0.05, 0.1) is 22.1 Å². The summed E-state index contributed by atoms with van der Waals surface area (Å²) in [5.74, 6) is 0.929. The van der Waals surface area contributed by atoms with Gasteiger partial charge in [0.2, 0.25) is 0 Å². The molecule has 0 atom stereocenters. The molecular weight excluding hydrogens is 647 g/mol. The second-order valence-corrected chi connectivity index (χ2v) is 13.6. The van der Waals surface area contributed by atoms with Crippen LogP contribution in [0.5, 0.6) is 0 Å². The lowest BCUT2D eigenvalue weighted by atomic mass is 9.99. The standard InChI is InChI=1S/C49H31N3O/c1-3-12-32(13-4-1)35-24-29-44-41(30-35)39-16-7-9-19-43(39)51(44)37-27-28-40-47(31-37)53-46-21-11-17-38(48(40)46)33-22-25-36(26-23-33)52-45-20-10-8-18-42(45)50-49(52)34-14-5-2-6-15-34/h1-31H. The van der Waals surface area contributed by atoms with E-state index >= 15 is 0 Å². The van der Waals surface area contributed by atoms with Gasteiger partial charge in [0.1, 0.15) is 17.0 Å². The largest absolute Gasteiger partial charge is 0.456 e. The van der Waals surface area contributed by atoms with Crippen molar-refractivity contribution in [1.82, 2.24) is 14.1 Å². The van der Waals surface area contributed by atoms with E-state index in [4.69, 9.17) is 9.40 Å². The van der Waals surface area contributed by atoms with Crippen molar-refractivity contribution in [2.75, 3.05) is 0 Å². The van der Waals surface area contributed by atoms with E-state index in [1.54, 1.807) is 0 Å². The Balaban J connectivity index is 1.02. The normalized spacial score (nSPS) is 11.8. The van der Waals surface area contributed by atoms with E-state index in [1.807, 2.05) is 12.1 Å². The van der Waals surface area contributed by atoms with Crippen LogP contribution in [0.15, 0.2) is 192 Å². The van der Waals surface area contributed by atoms with Gasteiger partial charge in [-0.15, -0.1) is 0 Å². The molecule has 11 aromatic rings. The zero-order valence-electron chi connectivity index (χ0n) is 28.6. The van der Waals surface area contributed by atoms with Crippen molar-refractivity contribution in [2.24, 2.45) is 0 Å². The minimum atomic E-state index is 0.866. The van der Waals surface area contributed by atoms with Crippen LogP contribution in [-0.2, 0) is 0 Å². The highest BCUT2D eigenvalue weighted by Gasteiger charge is 2.18. The highest BCUT2D eigenvalue weighted by atomic mass is 16.3. The number of imidazole rings is 1. The fraction of sp³-hybridized carbons (Fsp3) is 0. The first-order valence-corrected chi connectivity index (χ1v) is 18.0. The molecule has 0 N–H and O–H groups in total. The zero-order valence-corrected chi connectivity index (χ0v) is 28.6. The van der Waals surface area contributed by atoms with Gasteiger partial charge in [-0.05, 0) is 82.9 Å². The number of hydrogen-bond acceptors (Lipinski definition) is 2. The molecule has 0 saturated carbocycles. The molecule has 0 saturated heterocycles. The molecule has 4 nitrogen and oxygen atoms in total. The fourth-order valence-electron chi connectivity index (χ4n) is 8.11. The first-order chi connectivity index (χ1) is 26.3. The number of fused-ring (bicyclic) bond motifs is 7. The Morgan fingerprint density at radius 2 is 1.06 bits per heavy atom. The van der Waals surface area contributed by atoms with Gasteiger partial charge >= 0.3 is 0 Å². The lowest BCUT2D eigenvalue weighted by Crippen LogP contribution is -1.97. The second-order valence-electron chi connectivity index (χ2n) is 13.6. The molecule has 3 heterocycles. The first-order valence-electron chi connectivity index (χ1n) is 18.0. The maximum Gasteiger partial charge on any atom is 0.145 e. The number of hydrogen-bond donors (Lipinski definition) is 0. The number of furan rings is 1. The third-order valence-corrected chi connectivity index (χ3v) is 10.5. The lowest BCUT2D eigenvalue weighted by Gasteiger charge is -2.11. The van der Waals surface area contributed by atoms with Crippen LogP contribution in [0.2, 0.25) is 0 Å². The van der Waals surface area contributed by atoms with E-state index in [-0.39, 0.29) is 0 Å². The second kappa shape index (κ2) is 11.7. The number of nitrogens with zero attached hydrogens (tertiary/aromatic N) is 3. The van der Waals surface area contributed by atoms with Crippen molar-refractivity contribution in [3.63, 3.8) is 0 Å². The molecule has 0 spiro atoms. The summed E-state index contributed by atoms with van der Waals surface area (Å²) < 4.78 is 11.2. The summed E-state index contributed by atoms with van der Waals surface area (Å²) >= 11 is 0. The summed E-state index contributed by atoms with van der Waals surface area (Å²) in [4.78, 5) is 5.03. The molecule has 8 aromatic carbocycles. The van der Waals surface area contributed by atoms with Crippen LogP contribution in [0.1, 0.15) is 0 Å². The van der Waals surface area contributed by atoms with Crippen molar-refractivity contribution in [1.29, 1.82) is 0 Å². The summed E-state index contributed by atoms with van der Waals surface area (Å²) in [7, 11) is 0. The highest BCUT2D eigenvalue weighted by Crippen LogP contribution is 2.40. The molecule has 248 valence electrons. The molecule has 0 fully saturated rings. The topological polar surface area (TPSA) is 35.9 Å². The Morgan fingerprint density at radius 3 is 1.89 bits per heavy atom. The van der Waals surface area contributed by atoms with Gasteiger partial charge < -0.3 is 8.98 Å². The van der Waals surface area contributed by atoms with Gasteiger partial charge in [0.25, 0.3) is 0 Å². The van der Waals surface area contributed by atoms with Crippen molar-refractivity contribution in [2.45, 2.75) is 0 Å². The SMILES string of the molecule is c1ccc(-c2ccc3c(c2)c2ccccc2n3-c2ccc3c(c2)oc2cccc(-c4ccc(-n5c(-c6ccccc6)nc6ccccc65)cc4)c23)cc1. The average Bonchev–Trinajstić information content (AvgIpc) is 3.91. The molecule has 0 aliphatic carbocycles. The molecular formula is C49H31N3O. The Kier molecular flexibility index (Phi) is 6.52. The molecule has 4 heteroatoms. The van der Waals surface area contributed by atoms with Gasteiger partial charge in [-0.2, -0.15) is 0 Å². The molecule has 0 unspecified atom stereocenters. The fourth-order valence-corrected chi connectivity index (χ4v) is 8.11. The van der Waals surface area contributed by atoms with Crippen LogP contribution in [0.4, 0.5) is 0 Å². The Labute approximate surface area is 305 Å².